The third-order valence-electron chi connectivity index (χ3n) is 6.00. The molecule has 0 saturated heterocycles. The second-order valence-corrected chi connectivity index (χ2v) is 14.4. The summed E-state index contributed by atoms with van der Waals surface area (Å²) in [7, 11) is -4.18. The van der Waals surface area contributed by atoms with Crippen LogP contribution in [0.2, 0.25) is 10.0 Å². The van der Waals surface area contributed by atoms with Crippen LogP contribution in [-0.4, -0.2) is 63.1 Å². The lowest BCUT2D eigenvalue weighted by Crippen LogP contribution is -2.54. The summed E-state index contributed by atoms with van der Waals surface area (Å²) < 4.78 is 52.6. The van der Waals surface area contributed by atoms with Crippen molar-refractivity contribution in [2.75, 3.05) is 24.7 Å². The van der Waals surface area contributed by atoms with Gasteiger partial charge in [-0.05, 0) is 81.8 Å². The first-order valence-corrected chi connectivity index (χ1v) is 16.1. The Labute approximate surface area is 246 Å². The molecule has 5 N–H and O–H groups in total. The lowest BCUT2D eigenvalue weighted by Gasteiger charge is -2.38. The zero-order chi connectivity index (χ0) is 30.5. The Morgan fingerprint density at radius 1 is 0.950 bits per heavy atom. The zero-order valence-electron chi connectivity index (χ0n) is 23.1. The van der Waals surface area contributed by atoms with Crippen LogP contribution in [0.25, 0.3) is 0 Å². The number of anilines is 1. The molecule has 0 spiro atoms. The molecule has 0 atom stereocenters. The van der Waals surface area contributed by atoms with E-state index < -0.39 is 25.8 Å². The summed E-state index contributed by atoms with van der Waals surface area (Å²) in [5.41, 5.74) is 13.9. The third-order valence-corrected chi connectivity index (χ3v) is 9.24. The normalized spacial score (nSPS) is 15.3. The van der Waals surface area contributed by atoms with E-state index in [0.717, 1.165) is 42.5 Å². The molecule has 222 valence electrons. The van der Waals surface area contributed by atoms with Gasteiger partial charge in [0.05, 0.1) is 10.6 Å². The SMILES string of the molecule is CCS(=O)(=O)O.CN(C)S(=O)(=O)c1ccc(CCCCc2ccc(N3C(N)=NC(N)=NC3(C)C)cc2Cl)c(Cl)c1. The molecule has 15 heteroatoms. The maximum Gasteiger partial charge on any atom is 0.264 e. The highest BCUT2D eigenvalue weighted by Gasteiger charge is 2.33. The van der Waals surface area contributed by atoms with Crippen LogP contribution < -0.4 is 16.4 Å². The molecule has 40 heavy (non-hydrogen) atoms. The summed E-state index contributed by atoms with van der Waals surface area (Å²) in [6.07, 6.45) is 3.31. The van der Waals surface area contributed by atoms with E-state index in [4.69, 9.17) is 39.2 Å². The van der Waals surface area contributed by atoms with Gasteiger partial charge in [0.1, 0.15) is 5.66 Å². The average molecular weight is 636 g/mol. The second kappa shape index (κ2) is 13.5. The number of benzene rings is 2. The standard InChI is InChI=1S/C23H30Cl2N6O2S.C2H6O3S/c1-23(2)29-21(26)28-22(27)31(23)17-11-9-15(19(24)13-17)7-5-6-8-16-10-12-18(14-20(16)25)34(32,33)30(3)4;1-2-6(3,4)5/h9-14H,5-8H2,1-4H3,(H4,26,27,28,29);2H2,1H3,(H,3,4,5). The van der Waals surface area contributed by atoms with Crippen molar-refractivity contribution in [3.8, 4) is 0 Å². The van der Waals surface area contributed by atoms with E-state index in [2.05, 4.69) is 9.98 Å². The second-order valence-electron chi connectivity index (χ2n) is 9.66. The number of halogens is 2. The van der Waals surface area contributed by atoms with E-state index in [1.165, 1.54) is 31.4 Å². The monoisotopic (exact) mass is 634 g/mol. The van der Waals surface area contributed by atoms with Gasteiger partial charge in [-0.2, -0.15) is 13.4 Å². The smallest absolute Gasteiger partial charge is 0.264 e. The van der Waals surface area contributed by atoms with Crippen molar-refractivity contribution in [3.05, 3.63) is 57.6 Å². The Morgan fingerprint density at radius 3 is 1.88 bits per heavy atom. The van der Waals surface area contributed by atoms with Crippen LogP contribution in [0.1, 0.15) is 44.7 Å². The predicted octanol–water partition coefficient (Wildman–Crippen LogP) is 3.89. The quantitative estimate of drug-likeness (QED) is 0.275. The van der Waals surface area contributed by atoms with E-state index >= 15 is 0 Å². The topological polar surface area (TPSA) is 172 Å². The van der Waals surface area contributed by atoms with Crippen molar-refractivity contribution in [2.24, 2.45) is 21.5 Å². The molecule has 0 fully saturated rings. The lowest BCUT2D eigenvalue weighted by atomic mass is 10.0. The number of unbranched alkanes of at least 4 members (excludes halogenated alkanes) is 1. The number of aliphatic imine (C=N–C) groups is 2. The Kier molecular flexibility index (Phi) is 11.4. The molecule has 1 aliphatic heterocycles. The van der Waals surface area contributed by atoms with Gasteiger partial charge in [0, 0.05) is 29.8 Å². The molecule has 0 saturated carbocycles. The summed E-state index contributed by atoms with van der Waals surface area (Å²) >= 11 is 12.9. The number of rotatable bonds is 9. The molecule has 2 aromatic rings. The number of sulfonamides is 1. The van der Waals surface area contributed by atoms with E-state index in [1.807, 2.05) is 32.0 Å². The fourth-order valence-corrected chi connectivity index (χ4v) is 5.40. The molecule has 0 unspecified atom stereocenters. The molecule has 1 aliphatic rings. The molecule has 3 rings (SSSR count). The number of nitrogens with zero attached hydrogens (tertiary/aromatic N) is 4. The van der Waals surface area contributed by atoms with Crippen LogP contribution in [0.15, 0.2) is 51.3 Å². The molecule has 2 aromatic carbocycles. The van der Waals surface area contributed by atoms with Crippen molar-refractivity contribution < 1.29 is 21.4 Å². The Bertz CT molecular complexity index is 1490. The van der Waals surface area contributed by atoms with Crippen molar-refractivity contribution >= 4 is 60.9 Å². The minimum absolute atomic E-state index is 0.149. The van der Waals surface area contributed by atoms with Crippen LogP contribution in [0.3, 0.4) is 0 Å². The van der Waals surface area contributed by atoms with Gasteiger partial charge in [0.2, 0.25) is 21.9 Å². The van der Waals surface area contributed by atoms with E-state index in [1.54, 1.807) is 17.0 Å². The van der Waals surface area contributed by atoms with Gasteiger partial charge in [-0.15, -0.1) is 0 Å². The molecule has 0 amide bonds. The van der Waals surface area contributed by atoms with Gasteiger partial charge < -0.3 is 11.5 Å². The summed E-state index contributed by atoms with van der Waals surface area (Å²) in [5, 5.41) is 1.09. The van der Waals surface area contributed by atoms with Crippen LogP contribution in [-0.2, 0) is 33.0 Å². The lowest BCUT2D eigenvalue weighted by molar-refractivity contribution is 0.484. The van der Waals surface area contributed by atoms with E-state index in [-0.39, 0.29) is 22.6 Å². The van der Waals surface area contributed by atoms with Gasteiger partial charge in [0.15, 0.2) is 0 Å². The number of hydrogen-bond acceptors (Lipinski definition) is 9. The Morgan fingerprint density at radius 2 is 1.45 bits per heavy atom. The van der Waals surface area contributed by atoms with Crippen LogP contribution in [0.4, 0.5) is 5.69 Å². The molecular formula is C25H36Cl2N6O5S2. The van der Waals surface area contributed by atoms with Crippen molar-refractivity contribution in [3.63, 3.8) is 0 Å². The molecular weight excluding hydrogens is 599 g/mol. The molecule has 0 aliphatic carbocycles. The molecule has 0 radical (unpaired) electrons. The number of guanidine groups is 2. The zero-order valence-corrected chi connectivity index (χ0v) is 26.2. The first-order chi connectivity index (χ1) is 18.4. The number of nitrogens with two attached hydrogens (primary N) is 2. The van der Waals surface area contributed by atoms with E-state index in [9.17, 15) is 16.8 Å². The average Bonchev–Trinajstić information content (AvgIpc) is 2.82. The number of aryl methyl sites for hydroxylation is 2. The van der Waals surface area contributed by atoms with Gasteiger partial charge in [-0.1, -0.05) is 35.3 Å². The molecule has 1 heterocycles. The molecule has 0 aromatic heterocycles. The predicted molar refractivity (Wildman–Crippen MR) is 162 cm³/mol. The highest BCUT2D eigenvalue weighted by Crippen LogP contribution is 2.31. The molecule has 0 bridgehead atoms. The third kappa shape index (κ3) is 9.05. The van der Waals surface area contributed by atoms with Gasteiger partial charge in [0.25, 0.3) is 10.1 Å². The Hall–Kier alpha value is -2.42. The van der Waals surface area contributed by atoms with E-state index in [0.29, 0.717) is 10.0 Å². The minimum Gasteiger partial charge on any atom is -0.369 e. The fourth-order valence-electron chi connectivity index (χ4n) is 3.86. The van der Waals surface area contributed by atoms with Gasteiger partial charge in [-0.25, -0.2) is 17.7 Å². The minimum atomic E-state index is -3.66. The van der Waals surface area contributed by atoms with Gasteiger partial charge in [-0.3, -0.25) is 9.45 Å². The highest BCUT2D eigenvalue weighted by atomic mass is 35.5. The van der Waals surface area contributed by atoms with Crippen molar-refractivity contribution in [1.29, 1.82) is 0 Å². The van der Waals surface area contributed by atoms with Gasteiger partial charge >= 0.3 is 0 Å². The van der Waals surface area contributed by atoms with Crippen molar-refractivity contribution in [2.45, 2.75) is 57.0 Å². The summed E-state index contributed by atoms with van der Waals surface area (Å²) in [6.45, 7) is 5.17. The first kappa shape index (κ1) is 33.8. The summed E-state index contributed by atoms with van der Waals surface area (Å²) in [4.78, 5) is 10.4. The Balaban J connectivity index is 0.000000840. The first-order valence-electron chi connectivity index (χ1n) is 12.3. The van der Waals surface area contributed by atoms with Crippen molar-refractivity contribution in [1.82, 2.24) is 4.31 Å². The highest BCUT2D eigenvalue weighted by molar-refractivity contribution is 7.89. The summed E-state index contributed by atoms with van der Waals surface area (Å²) in [6, 6.07) is 10.7. The summed E-state index contributed by atoms with van der Waals surface area (Å²) in [5.74, 6) is 0.214. The number of hydrogen-bond donors (Lipinski definition) is 3. The molecule has 11 nitrogen and oxygen atoms in total. The maximum atomic E-state index is 12.3. The van der Waals surface area contributed by atoms with Crippen LogP contribution in [0, 0.1) is 0 Å². The van der Waals surface area contributed by atoms with Crippen LogP contribution >= 0.6 is 23.2 Å². The largest absolute Gasteiger partial charge is 0.369 e. The van der Waals surface area contributed by atoms with Crippen LogP contribution in [0.5, 0.6) is 0 Å². The maximum absolute atomic E-state index is 12.3. The fraction of sp³-hybridized carbons (Fsp3) is 0.440.